The number of anilines is 1. The van der Waals surface area contributed by atoms with E-state index in [9.17, 15) is 4.79 Å². The summed E-state index contributed by atoms with van der Waals surface area (Å²) in [4.78, 5) is 12.3. The minimum absolute atomic E-state index is 0.0458. The Hall–Kier alpha value is -1.10. The van der Waals surface area contributed by atoms with Crippen LogP contribution in [0.5, 0.6) is 0 Å². The summed E-state index contributed by atoms with van der Waals surface area (Å²) in [5.41, 5.74) is 2.56. The third-order valence-corrected chi connectivity index (χ3v) is 10.4. The summed E-state index contributed by atoms with van der Waals surface area (Å²) in [6, 6.07) is 5.54. The second-order valence-electron chi connectivity index (χ2n) is 9.49. The van der Waals surface area contributed by atoms with E-state index in [1.54, 1.807) is 6.07 Å². The molecule has 26 heavy (non-hydrogen) atoms. The number of hydrogen-bond donors (Lipinski definition) is 1. The first kappa shape index (κ1) is 21.2. The molecule has 3 nitrogen and oxygen atoms in total. The first-order valence-electron chi connectivity index (χ1n) is 9.28. The Labute approximate surface area is 164 Å². The number of hydrogen-bond acceptors (Lipinski definition) is 2. The van der Waals surface area contributed by atoms with Crippen LogP contribution in [0.1, 0.15) is 53.0 Å². The molecule has 1 aromatic rings. The number of allylic oxidation sites excluding steroid dienone is 1. The topological polar surface area (TPSA) is 38.3 Å². The van der Waals surface area contributed by atoms with Crippen LogP contribution in [0.15, 0.2) is 24.3 Å². The fraction of sp³-hybridized carbons (Fsp3) is 0.571. The smallest absolute Gasteiger partial charge is 0.256 e. The van der Waals surface area contributed by atoms with Crippen LogP contribution in [-0.2, 0) is 9.22 Å². The molecule has 1 aliphatic heterocycles. The van der Waals surface area contributed by atoms with E-state index in [0.717, 1.165) is 36.3 Å². The SMILES string of the molecule is CC(C)(C/C=C1/C(=O)Nc2cc(Cl)ccc21)CCO[Si](C)(C)C(C)(C)C. The van der Waals surface area contributed by atoms with Gasteiger partial charge in [-0.05, 0) is 48.5 Å². The van der Waals surface area contributed by atoms with Gasteiger partial charge in [-0.1, -0.05) is 58.4 Å². The van der Waals surface area contributed by atoms with Crippen molar-refractivity contribution in [3.05, 3.63) is 34.9 Å². The average molecular weight is 394 g/mol. The van der Waals surface area contributed by atoms with Gasteiger partial charge in [0.2, 0.25) is 0 Å². The Morgan fingerprint density at radius 1 is 1.19 bits per heavy atom. The number of nitrogens with one attached hydrogen (secondary N) is 1. The highest BCUT2D eigenvalue weighted by Crippen LogP contribution is 2.38. The minimum atomic E-state index is -1.71. The van der Waals surface area contributed by atoms with Gasteiger partial charge in [0.1, 0.15) is 0 Å². The second-order valence-corrected chi connectivity index (χ2v) is 14.7. The van der Waals surface area contributed by atoms with Crippen LogP contribution in [0.2, 0.25) is 23.2 Å². The molecule has 0 aromatic heterocycles. The van der Waals surface area contributed by atoms with Gasteiger partial charge in [-0.3, -0.25) is 4.79 Å². The van der Waals surface area contributed by atoms with E-state index in [-0.39, 0.29) is 16.4 Å². The van der Waals surface area contributed by atoms with Gasteiger partial charge < -0.3 is 9.74 Å². The lowest BCUT2D eigenvalue weighted by molar-refractivity contribution is -0.110. The molecule has 0 unspecified atom stereocenters. The van der Waals surface area contributed by atoms with Crippen molar-refractivity contribution >= 4 is 37.1 Å². The Morgan fingerprint density at radius 3 is 2.46 bits per heavy atom. The third-order valence-electron chi connectivity index (χ3n) is 5.67. The molecule has 1 N–H and O–H groups in total. The summed E-state index contributed by atoms with van der Waals surface area (Å²) in [5, 5.41) is 3.75. The summed E-state index contributed by atoms with van der Waals surface area (Å²) in [6.45, 7) is 16.6. The number of carbonyl (C=O) groups is 1. The number of halogens is 1. The molecule has 0 aliphatic carbocycles. The van der Waals surface area contributed by atoms with Gasteiger partial charge in [-0.25, -0.2) is 0 Å². The number of amides is 1. The van der Waals surface area contributed by atoms with Gasteiger partial charge in [-0.2, -0.15) is 0 Å². The van der Waals surface area contributed by atoms with Gasteiger partial charge in [0.15, 0.2) is 8.32 Å². The molecule has 1 aliphatic rings. The molecule has 0 saturated carbocycles. The standard InChI is InChI=1S/C21H32ClNO2Si/c1-20(2,3)26(6,7)25-13-12-21(4,5)11-10-17-16-9-8-15(22)14-18(16)23-19(17)24/h8-10,14H,11-13H2,1-7H3,(H,23,24)/b17-10+. The predicted molar refractivity (Wildman–Crippen MR) is 114 cm³/mol. The summed E-state index contributed by atoms with van der Waals surface area (Å²) < 4.78 is 6.32. The molecular weight excluding hydrogens is 362 g/mol. The van der Waals surface area contributed by atoms with Gasteiger partial charge in [-0.15, -0.1) is 0 Å². The molecule has 0 atom stereocenters. The Balaban J connectivity index is 2.00. The number of benzene rings is 1. The fourth-order valence-electron chi connectivity index (χ4n) is 2.65. The van der Waals surface area contributed by atoms with Crippen molar-refractivity contribution in [2.45, 2.75) is 65.6 Å². The number of rotatable bonds is 6. The lowest BCUT2D eigenvalue weighted by Gasteiger charge is -2.37. The largest absolute Gasteiger partial charge is 0.417 e. The summed E-state index contributed by atoms with van der Waals surface area (Å²) in [5.74, 6) is -0.0458. The van der Waals surface area contributed by atoms with E-state index >= 15 is 0 Å². The van der Waals surface area contributed by atoms with Crippen molar-refractivity contribution in [3.63, 3.8) is 0 Å². The molecule has 144 valence electrons. The normalized spacial score (nSPS) is 16.8. The third kappa shape index (κ3) is 4.99. The molecule has 1 heterocycles. The monoisotopic (exact) mass is 393 g/mol. The lowest BCUT2D eigenvalue weighted by atomic mass is 9.85. The quantitative estimate of drug-likeness (QED) is 0.442. The molecule has 1 amide bonds. The maximum atomic E-state index is 12.3. The molecule has 2 rings (SSSR count). The van der Waals surface area contributed by atoms with Crippen LogP contribution in [0.25, 0.3) is 5.57 Å². The van der Waals surface area contributed by atoms with Gasteiger partial charge >= 0.3 is 0 Å². The van der Waals surface area contributed by atoms with Crippen molar-refractivity contribution in [3.8, 4) is 0 Å². The van der Waals surface area contributed by atoms with Crippen molar-refractivity contribution in [1.82, 2.24) is 0 Å². The molecule has 0 fully saturated rings. The molecule has 0 saturated heterocycles. The number of carbonyl (C=O) groups excluding carboxylic acids is 1. The van der Waals surface area contributed by atoms with Crippen molar-refractivity contribution in [2.75, 3.05) is 11.9 Å². The van der Waals surface area contributed by atoms with E-state index in [4.69, 9.17) is 16.0 Å². The van der Waals surface area contributed by atoms with Crippen LogP contribution in [0.4, 0.5) is 5.69 Å². The molecule has 0 bridgehead atoms. The van der Waals surface area contributed by atoms with E-state index in [1.807, 2.05) is 12.1 Å². The first-order valence-corrected chi connectivity index (χ1v) is 12.6. The molecule has 0 radical (unpaired) electrons. The van der Waals surface area contributed by atoms with E-state index in [0.29, 0.717) is 5.02 Å². The fourth-order valence-corrected chi connectivity index (χ4v) is 3.87. The molecule has 1 aromatic carbocycles. The lowest BCUT2D eigenvalue weighted by Crippen LogP contribution is -2.41. The molecular formula is C21H32ClNO2Si. The molecule has 0 spiro atoms. The van der Waals surface area contributed by atoms with Crippen LogP contribution >= 0.6 is 11.6 Å². The maximum Gasteiger partial charge on any atom is 0.256 e. The van der Waals surface area contributed by atoms with Crippen molar-refractivity contribution < 1.29 is 9.22 Å². The van der Waals surface area contributed by atoms with Gasteiger partial charge in [0.05, 0.1) is 5.69 Å². The number of fused-ring (bicyclic) bond motifs is 1. The van der Waals surface area contributed by atoms with E-state index < -0.39 is 8.32 Å². The highest BCUT2D eigenvalue weighted by molar-refractivity contribution is 6.74. The van der Waals surface area contributed by atoms with E-state index in [1.165, 1.54) is 0 Å². The Kier molecular flexibility index (Phi) is 6.11. The predicted octanol–water partition coefficient (Wildman–Crippen LogP) is 6.50. The summed E-state index contributed by atoms with van der Waals surface area (Å²) >= 11 is 6.01. The maximum absolute atomic E-state index is 12.3. The average Bonchev–Trinajstić information content (AvgIpc) is 2.78. The summed E-state index contributed by atoms with van der Waals surface area (Å²) in [6.07, 6.45) is 3.86. The minimum Gasteiger partial charge on any atom is -0.417 e. The highest BCUT2D eigenvalue weighted by atomic mass is 35.5. The van der Waals surface area contributed by atoms with Crippen molar-refractivity contribution in [2.24, 2.45) is 5.41 Å². The van der Waals surface area contributed by atoms with Crippen LogP contribution in [0.3, 0.4) is 0 Å². The first-order chi connectivity index (χ1) is 11.8. The second kappa shape index (κ2) is 7.49. The Morgan fingerprint density at radius 2 is 1.85 bits per heavy atom. The zero-order valence-electron chi connectivity index (χ0n) is 17.1. The van der Waals surface area contributed by atoms with Crippen LogP contribution in [0, 0.1) is 5.41 Å². The Bertz CT molecular complexity index is 717. The van der Waals surface area contributed by atoms with Crippen LogP contribution in [-0.4, -0.2) is 20.8 Å². The van der Waals surface area contributed by atoms with Crippen molar-refractivity contribution in [1.29, 1.82) is 0 Å². The van der Waals surface area contributed by atoms with Crippen LogP contribution < -0.4 is 5.32 Å². The zero-order chi connectivity index (χ0) is 19.8. The highest BCUT2D eigenvalue weighted by Gasteiger charge is 2.37. The summed E-state index contributed by atoms with van der Waals surface area (Å²) in [7, 11) is -1.71. The van der Waals surface area contributed by atoms with Gasteiger partial charge in [0, 0.05) is 22.8 Å². The zero-order valence-corrected chi connectivity index (χ0v) is 18.9. The van der Waals surface area contributed by atoms with E-state index in [2.05, 4.69) is 59.1 Å². The molecule has 5 heteroatoms. The van der Waals surface area contributed by atoms with Gasteiger partial charge in [0.25, 0.3) is 5.91 Å².